The smallest absolute Gasteiger partial charge is 0.265 e. The first-order valence-corrected chi connectivity index (χ1v) is 11.4. The minimum absolute atomic E-state index is 0.0964. The number of nitrogens with zero attached hydrogens (tertiary/aromatic N) is 4. The third kappa shape index (κ3) is 4.77. The molecule has 1 fully saturated rings. The molecule has 3 aromatic rings. The van der Waals surface area contributed by atoms with Crippen LogP contribution in [0.25, 0.3) is 10.6 Å². The van der Waals surface area contributed by atoms with E-state index in [0.717, 1.165) is 65.7 Å². The minimum atomic E-state index is 0.0964. The lowest BCUT2D eigenvalue weighted by atomic mass is 10.0. The summed E-state index contributed by atoms with van der Waals surface area (Å²) >= 11 is 1.50. The van der Waals surface area contributed by atoms with E-state index in [4.69, 9.17) is 0 Å². The van der Waals surface area contributed by atoms with Gasteiger partial charge >= 0.3 is 0 Å². The highest BCUT2D eigenvalue weighted by Crippen LogP contribution is 2.29. The number of rotatable bonds is 6. The van der Waals surface area contributed by atoms with Crippen LogP contribution >= 0.6 is 11.3 Å². The number of pyridine rings is 1. The second-order valence-electron chi connectivity index (χ2n) is 7.86. The van der Waals surface area contributed by atoms with E-state index in [-0.39, 0.29) is 11.9 Å². The van der Waals surface area contributed by atoms with Crippen LogP contribution in [0, 0.1) is 6.92 Å². The van der Waals surface area contributed by atoms with Crippen molar-refractivity contribution >= 4 is 17.2 Å². The van der Waals surface area contributed by atoms with Crippen LogP contribution in [0.3, 0.4) is 0 Å². The largest absolute Gasteiger partial charge is 0.338 e. The van der Waals surface area contributed by atoms with Crippen molar-refractivity contribution in [2.75, 3.05) is 26.7 Å². The third-order valence-electron chi connectivity index (χ3n) is 5.85. The molecule has 0 aliphatic carbocycles. The van der Waals surface area contributed by atoms with E-state index in [1.807, 2.05) is 67.5 Å². The van der Waals surface area contributed by atoms with Crippen LogP contribution in [0.5, 0.6) is 0 Å². The van der Waals surface area contributed by atoms with Gasteiger partial charge in [0.2, 0.25) is 0 Å². The summed E-state index contributed by atoms with van der Waals surface area (Å²) in [7, 11) is 1.94. The van der Waals surface area contributed by atoms with Crippen LogP contribution in [-0.4, -0.2) is 58.4 Å². The predicted octanol–water partition coefficient (Wildman–Crippen LogP) is 4.29. The molecule has 0 N–H and O–H groups in total. The van der Waals surface area contributed by atoms with Crippen molar-refractivity contribution in [1.82, 2.24) is 19.8 Å². The molecule has 2 aromatic heterocycles. The Hall–Kier alpha value is -2.57. The topological polar surface area (TPSA) is 49.3 Å². The Morgan fingerprint density at radius 3 is 2.57 bits per heavy atom. The van der Waals surface area contributed by atoms with Crippen LogP contribution in [0.2, 0.25) is 0 Å². The fourth-order valence-corrected chi connectivity index (χ4v) is 5.03. The maximum absolute atomic E-state index is 13.2. The van der Waals surface area contributed by atoms with Gasteiger partial charge in [0.05, 0.1) is 5.69 Å². The van der Waals surface area contributed by atoms with Crippen LogP contribution in [0.4, 0.5) is 0 Å². The van der Waals surface area contributed by atoms with E-state index in [1.165, 1.54) is 11.3 Å². The maximum atomic E-state index is 13.2. The van der Waals surface area contributed by atoms with Gasteiger partial charge < -0.3 is 9.80 Å². The van der Waals surface area contributed by atoms with E-state index < -0.39 is 0 Å². The number of likely N-dealkylation sites (tertiary alicyclic amines) is 1. The lowest BCUT2D eigenvalue weighted by Crippen LogP contribution is -2.46. The van der Waals surface area contributed by atoms with Crippen LogP contribution in [0.15, 0.2) is 54.7 Å². The SMILES string of the molecule is Cc1nc(-c2ccccc2)sc1C(=O)N(C)C1CCN(CCc2ccccn2)CC1. The van der Waals surface area contributed by atoms with Gasteiger partial charge in [-0.2, -0.15) is 0 Å². The first-order chi connectivity index (χ1) is 14.6. The molecule has 0 atom stereocenters. The van der Waals surface area contributed by atoms with Crippen molar-refractivity contribution < 1.29 is 4.79 Å². The van der Waals surface area contributed by atoms with Gasteiger partial charge in [0.1, 0.15) is 9.88 Å². The zero-order valence-electron chi connectivity index (χ0n) is 17.6. The van der Waals surface area contributed by atoms with E-state index in [0.29, 0.717) is 0 Å². The molecule has 30 heavy (non-hydrogen) atoms. The fraction of sp³-hybridized carbons (Fsp3) is 0.375. The van der Waals surface area contributed by atoms with Gasteiger partial charge in [0, 0.05) is 56.6 Å². The molecule has 1 aliphatic rings. The fourth-order valence-electron chi connectivity index (χ4n) is 3.97. The molecule has 3 heterocycles. The van der Waals surface area contributed by atoms with Gasteiger partial charge in [0.25, 0.3) is 5.91 Å². The standard InChI is InChI=1S/C24H28N4OS/c1-18-22(30-23(26-18)19-8-4-3-5-9-19)24(29)27(2)21-12-16-28(17-13-21)15-11-20-10-6-7-14-25-20/h3-10,14,21H,11-13,15-17H2,1-2H3. The number of thiazole rings is 1. The van der Waals surface area contributed by atoms with Crippen LogP contribution in [0.1, 0.15) is 33.9 Å². The summed E-state index contributed by atoms with van der Waals surface area (Å²) < 4.78 is 0. The number of aromatic nitrogens is 2. The minimum Gasteiger partial charge on any atom is -0.338 e. The molecular weight excluding hydrogens is 392 g/mol. The molecule has 0 unspecified atom stereocenters. The molecule has 5 nitrogen and oxygen atoms in total. The van der Waals surface area contributed by atoms with Crippen LogP contribution in [-0.2, 0) is 6.42 Å². The van der Waals surface area contributed by atoms with E-state index in [9.17, 15) is 4.79 Å². The van der Waals surface area contributed by atoms with Crippen LogP contribution < -0.4 is 0 Å². The molecule has 4 rings (SSSR count). The number of carbonyl (C=O) groups is 1. The van der Waals surface area contributed by atoms with Crippen molar-refractivity contribution in [3.05, 3.63) is 71.0 Å². The molecular formula is C24H28N4OS. The number of hydrogen-bond acceptors (Lipinski definition) is 5. The molecule has 1 amide bonds. The van der Waals surface area contributed by atoms with Gasteiger partial charge in [-0.15, -0.1) is 11.3 Å². The summed E-state index contributed by atoms with van der Waals surface area (Å²) in [6.45, 7) is 5.00. The Kier molecular flexibility index (Phi) is 6.55. The summed E-state index contributed by atoms with van der Waals surface area (Å²) in [6.07, 6.45) is 4.84. The molecule has 1 aliphatic heterocycles. The summed E-state index contributed by atoms with van der Waals surface area (Å²) in [6, 6.07) is 16.4. The zero-order valence-corrected chi connectivity index (χ0v) is 18.4. The predicted molar refractivity (Wildman–Crippen MR) is 122 cm³/mol. The Balaban J connectivity index is 1.33. The highest BCUT2D eigenvalue weighted by molar-refractivity contribution is 7.17. The number of carbonyl (C=O) groups excluding carboxylic acids is 1. The number of hydrogen-bond donors (Lipinski definition) is 0. The van der Waals surface area contributed by atoms with Gasteiger partial charge in [-0.1, -0.05) is 36.4 Å². The van der Waals surface area contributed by atoms with Crippen molar-refractivity contribution in [2.45, 2.75) is 32.2 Å². The van der Waals surface area contributed by atoms with E-state index in [2.05, 4.69) is 20.9 Å². The zero-order chi connectivity index (χ0) is 20.9. The first kappa shape index (κ1) is 20.7. The van der Waals surface area contributed by atoms with Gasteiger partial charge in [0.15, 0.2) is 0 Å². The average molecular weight is 421 g/mol. The number of piperidine rings is 1. The Morgan fingerprint density at radius 1 is 1.13 bits per heavy atom. The second kappa shape index (κ2) is 9.49. The molecule has 1 saturated heterocycles. The molecule has 6 heteroatoms. The number of benzene rings is 1. The Labute approximate surface area is 182 Å². The highest BCUT2D eigenvalue weighted by atomic mass is 32.1. The average Bonchev–Trinajstić information content (AvgIpc) is 3.20. The van der Waals surface area contributed by atoms with Crippen molar-refractivity contribution in [2.24, 2.45) is 0 Å². The normalized spacial score (nSPS) is 15.3. The number of amides is 1. The first-order valence-electron chi connectivity index (χ1n) is 10.5. The molecule has 156 valence electrons. The molecule has 0 radical (unpaired) electrons. The van der Waals surface area contributed by atoms with Crippen molar-refractivity contribution in [3.8, 4) is 10.6 Å². The Bertz CT molecular complexity index is 965. The van der Waals surface area contributed by atoms with Gasteiger partial charge in [-0.25, -0.2) is 4.98 Å². The lowest BCUT2D eigenvalue weighted by molar-refractivity contribution is 0.0647. The molecule has 0 spiro atoms. The summed E-state index contributed by atoms with van der Waals surface area (Å²) in [4.78, 5) is 27.4. The molecule has 1 aromatic carbocycles. The summed E-state index contributed by atoms with van der Waals surface area (Å²) in [5.74, 6) is 0.0964. The summed E-state index contributed by atoms with van der Waals surface area (Å²) in [5, 5.41) is 0.911. The third-order valence-corrected chi connectivity index (χ3v) is 7.04. The maximum Gasteiger partial charge on any atom is 0.265 e. The molecule has 0 saturated carbocycles. The van der Waals surface area contributed by atoms with Crippen molar-refractivity contribution in [3.63, 3.8) is 0 Å². The second-order valence-corrected chi connectivity index (χ2v) is 8.86. The lowest BCUT2D eigenvalue weighted by Gasteiger charge is -2.36. The quantitative estimate of drug-likeness (QED) is 0.597. The van der Waals surface area contributed by atoms with E-state index >= 15 is 0 Å². The summed E-state index contributed by atoms with van der Waals surface area (Å²) in [5.41, 5.74) is 3.03. The highest BCUT2D eigenvalue weighted by Gasteiger charge is 2.28. The van der Waals surface area contributed by atoms with Gasteiger partial charge in [-0.05, 0) is 31.9 Å². The molecule has 0 bridgehead atoms. The van der Waals surface area contributed by atoms with E-state index in [1.54, 1.807) is 0 Å². The van der Waals surface area contributed by atoms with Crippen molar-refractivity contribution in [1.29, 1.82) is 0 Å². The monoisotopic (exact) mass is 420 g/mol. The number of aryl methyl sites for hydroxylation is 1. The Morgan fingerprint density at radius 2 is 1.87 bits per heavy atom. The van der Waals surface area contributed by atoms with Gasteiger partial charge in [-0.3, -0.25) is 9.78 Å².